The topological polar surface area (TPSA) is 45.2 Å². The highest BCUT2D eigenvalue weighted by molar-refractivity contribution is 5.76. The zero-order valence-corrected chi connectivity index (χ0v) is 17.8. The van der Waals surface area contributed by atoms with Crippen molar-refractivity contribution < 1.29 is 4.79 Å². The molecule has 2 aliphatic carbocycles. The molecule has 1 aromatic rings. The lowest BCUT2D eigenvalue weighted by Gasteiger charge is -2.39. The van der Waals surface area contributed by atoms with Crippen LogP contribution in [0.15, 0.2) is 36.5 Å². The summed E-state index contributed by atoms with van der Waals surface area (Å²) in [6, 6.07) is 6.14. The zero-order valence-electron chi connectivity index (χ0n) is 17.8. The lowest BCUT2D eigenvalue weighted by Crippen LogP contribution is -2.44. The van der Waals surface area contributed by atoms with Gasteiger partial charge in [0.25, 0.3) is 0 Å². The van der Waals surface area contributed by atoms with Gasteiger partial charge in [-0.15, -0.1) is 0 Å². The fourth-order valence-corrected chi connectivity index (χ4v) is 5.62. The van der Waals surface area contributed by atoms with Crippen LogP contribution >= 0.6 is 0 Å². The van der Waals surface area contributed by atoms with Crippen LogP contribution in [0.2, 0.25) is 0 Å². The largest absolute Gasteiger partial charge is 0.347 e. The number of amides is 1. The van der Waals surface area contributed by atoms with E-state index in [1.165, 1.54) is 70.9 Å². The van der Waals surface area contributed by atoms with Crippen molar-refractivity contribution in [2.75, 3.05) is 19.6 Å². The Morgan fingerprint density at radius 1 is 1.10 bits per heavy atom. The standard InChI is InChI=1S/C25H37N3O/c29-24(17-20-9-4-5-10-20)27-25(23-14-6-7-15-26-23)22-13-8-16-28(19-22)18-21-11-2-1-3-12-21/h1-2,6-7,14-15,20-22,25H,3-5,8-13,16-19H2,(H,27,29)/t21-,22+,25-/m0/s1. The maximum Gasteiger partial charge on any atom is 0.220 e. The van der Waals surface area contributed by atoms with E-state index in [9.17, 15) is 4.79 Å². The first-order chi connectivity index (χ1) is 14.3. The summed E-state index contributed by atoms with van der Waals surface area (Å²) >= 11 is 0. The molecule has 158 valence electrons. The number of nitrogens with one attached hydrogen (secondary N) is 1. The molecule has 1 aliphatic heterocycles. The van der Waals surface area contributed by atoms with Gasteiger partial charge in [0.05, 0.1) is 11.7 Å². The minimum Gasteiger partial charge on any atom is -0.347 e. The Balaban J connectivity index is 1.40. The van der Waals surface area contributed by atoms with Crippen molar-refractivity contribution in [2.45, 2.75) is 70.3 Å². The Morgan fingerprint density at radius 2 is 2.00 bits per heavy atom. The third-order valence-electron chi connectivity index (χ3n) is 7.18. The Hall–Kier alpha value is -1.68. The molecule has 1 amide bonds. The van der Waals surface area contributed by atoms with Crippen LogP contribution in [0.3, 0.4) is 0 Å². The Morgan fingerprint density at radius 3 is 2.76 bits per heavy atom. The monoisotopic (exact) mass is 395 g/mol. The van der Waals surface area contributed by atoms with E-state index in [1.807, 2.05) is 18.3 Å². The number of carbonyl (C=O) groups is 1. The van der Waals surface area contributed by atoms with Crippen molar-refractivity contribution in [3.8, 4) is 0 Å². The van der Waals surface area contributed by atoms with Crippen LogP contribution in [0.5, 0.6) is 0 Å². The first-order valence-corrected chi connectivity index (χ1v) is 11.9. The number of likely N-dealkylation sites (tertiary alicyclic amines) is 1. The van der Waals surface area contributed by atoms with Gasteiger partial charge < -0.3 is 10.2 Å². The predicted octanol–water partition coefficient (Wildman–Crippen LogP) is 4.89. The highest BCUT2D eigenvalue weighted by atomic mass is 16.1. The summed E-state index contributed by atoms with van der Waals surface area (Å²) in [4.78, 5) is 20.2. The average molecular weight is 396 g/mol. The molecule has 1 saturated heterocycles. The SMILES string of the molecule is O=C(CC1CCCC1)N[C@H](c1ccccn1)[C@@H]1CCCN(C[C@H]2CC=CCC2)C1. The van der Waals surface area contributed by atoms with Crippen molar-refractivity contribution in [1.82, 2.24) is 15.2 Å². The van der Waals surface area contributed by atoms with Crippen LogP contribution in [0.4, 0.5) is 0 Å². The van der Waals surface area contributed by atoms with Crippen molar-refractivity contribution in [1.29, 1.82) is 0 Å². The normalized spacial score (nSPS) is 27.0. The second kappa shape index (κ2) is 10.4. The molecular weight excluding hydrogens is 358 g/mol. The maximum atomic E-state index is 12.9. The number of nitrogens with zero attached hydrogens (tertiary/aromatic N) is 2. The molecule has 0 unspecified atom stereocenters. The molecule has 1 aromatic heterocycles. The molecule has 4 rings (SSSR count). The fourth-order valence-electron chi connectivity index (χ4n) is 5.62. The number of hydrogen-bond donors (Lipinski definition) is 1. The van der Waals surface area contributed by atoms with Crippen LogP contribution in [0.1, 0.15) is 75.9 Å². The molecule has 1 saturated carbocycles. The number of rotatable bonds is 7. The number of hydrogen-bond acceptors (Lipinski definition) is 3. The molecule has 4 nitrogen and oxygen atoms in total. The molecule has 3 atom stereocenters. The van der Waals surface area contributed by atoms with Gasteiger partial charge in [-0.25, -0.2) is 0 Å². The molecule has 1 N–H and O–H groups in total. The predicted molar refractivity (Wildman–Crippen MR) is 117 cm³/mol. The summed E-state index contributed by atoms with van der Waals surface area (Å²) < 4.78 is 0. The van der Waals surface area contributed by atoms with Crippen molar-refractivity contribution in [3.05, 3.63) is 42.2 Å². The summed E-state index contributed by atoms with van der Waals surface area (Å²) in [5, 5.41) is 3.41. The number of aromatic nitrogens is 1. The van der Waals surface area contributed by atoms with E-state index in [-0.39, 0.29) is 11.9 Å². The number of pyridine rings is 1. The van der Waals surface area contributed by atoms with Crippen molar-refractivity contribution in [3.63, 3.8) is 0 Å². The lowest BCUT2D eigenvalue weighted by molar-refractivity contribution is -0.123. The van der Waals surface area contributed by atoms with Gasteiger partial charge in [-0.2, -0.15) is 0 Å². The smallest absolute Gasteiger partial charge is 0.220 e. The molecule has 0 aromatic carbocycles. The van der Waals surface area contributed by atoms with Gasteiger partial charge in [0, 0.05) is 25.7 Å². The van der Waals surface area contributed by atoms with E-state index in [2.05, 4.69) is 33.4 Å². The van der Waals surface area contributed by atoms with Crippen LogP contribution < -0.4 is 5.32 Å². The number of carbonyl (C=O) groups excluding carboxylic acids is 1. The van der Waals surface area contributed by atoms with Crippen LogP contribution in [-0.4, -0.2) is 35.4 Å². The third kappa shape index (κ3) is 5.91. The molecule has 2 heterocycles. The highest BCUT2D eigenvalue weighted by Crippen LogP contribution is 2.32. The van der Waals surface area contributed by atoms with Gasteiger partial charge in [0.15, 0.2) is 0 Å². The molecule has 3 aliphatic rings. The molecule has 4 heteroatoms. The average Bonchev–Trinajstić information content (AvgIpc) is 3.26. The summed E-state index contributed by atoms with van der Waals surface area (Å²) in [5.74, 6) is 2.05. The Bertz CT molecular complexity index is 668. The van der Waals surface area contributed by atoms with Crippen LogP contribution in [0, 0.1) is 17.8 Å². The molecule has 0 bridgehead atoms. The second-order valence-electron chi connectivity index (χ2n) is 9.47. The van der Waals surface area contributed by atoms with Crippen molar-refractivity contribution >= 4 is 5.91 Å². The second-order valence-corrected chi connectivity index (χ2v) is 9.47. The third-order valence-corrected chi connectivity index (χ3v) is 7.18. The fraction of sp³-hybridized carbons (Fsp3) is 0.680. The summed E-state index contributed by atoms with van der Waals surface area (Å²) in [6.07, 6.45) is 18.4. The van der Waals surface area contributed by atoms with E-state index < -0.39 is 0 Å². The summed E-state index contributed by atoms with van der Waals surface area (Å²) in [7, 11) is 0. The quantitative estimate of drug-likeness (QED) is 0.669. The molecule has 2 fully saturated rings. The molecule has 0 radical (unpaired) electrons. The Labute approximate surface area is 176 Å². The summed E-state index contributed by atoms with van der Waals surface area (Å²) in [6.45, 7) is 3.47. The van der Waals surface area contributed by atoms with Gasteiger partial charge in [-0.3, -0.25) is 9.78 Å². The summed E-state index contributed by atoms with van der Waals surface area (Å²) in [5.41, 5.74) is 1.03. The van der Waals surface area contributed by atoms with Gasteiger partial charge in [-0.05, 0) is 81.4 Å². The molecule has 29 heavy (non-hydrogen) atoms. The minimum absolute atomic E-state index is 0.0409. The molecule has 0 spiro atoms. The van der Waals surface area contributed by atoms with Gasteiger partial charge in [0.1, 0.15) is 0 Å². The molecular formula is C25H37N3O. The van der Waals surface area contributed by atoms with Crippen molar-refractivity contribution in [2.24, 2.45) is 17.8 Å². The van der Waals surface area contributed by atoms with E-state index in [0.717, 1.165) is 18.2 Å². The first kappa shape index (κ1) is 20.6. The van der Waals surface area contributed by atoms with E-state index >= 15 is 0 Å². The van der Waals surface area contributed by atoms with Crippen LogP contribution in [0.25, 0.3) is 0 Å². The Kier molecular flexibility index (Phi) is 7.37. The number of allylic oxidation sites excluding steroid dienone is 2. The van der Waals surface area contributed by atoms with Gasteiger partial charge in [0.2, 0.25) is 5.91 Å². The minimum atomic E-state index is 0.0409. The van der Waals surface area contributed by atoms with Gasteiger partial charge in [-0.1, -0.05) is 31.1 Å². The van der Waals surface area contributed by atoms with E-state index in [1.54, 1.807) is 0 Å². The zero-order chi connectivity index (χ0) is 19.9. The maximum absolute atomic E-state index is 12.9. The van der Waals surface area contributed by atoms with Gasteiger partial charge >= 0.3 is 0 Å². The van der Waals surface area contributed by atoms with E-state index in [0.29, 0.717) is 18.3 Å². The highest BCUT2D eigenvalue weighted by Gasteiger charge is 2.31. The van der Waals surface area contributed by atoms with Crippen LogP contribution in [-0.2, 0) is 4.79 Å². The van der Waals surface area contributed by atoms with E-state index in [4.69, 9.17) is 0 Å². The first-order valence-electron chi connectivity index (χ1n) is 11.9. The number of piperidine rings is 1. The lowest BCUT2D eigenvalue weighted by atomic mass is 9.86.